The topological polar surface area (TPSA) is 101 Å². The van der Waals surface area contributed by atoms with Crippen molar-refractivity contribution in [1.29, 1.82) is 0 Å². The van der Waals surface area contributed by atoms with E-state index < -0.39 is 16.8 Å². The highest BCUT2D eigenvalue weighted by Gasteiger charge is 2.28. The molecule has 1 saturated heterocycles. The highest BCUT2D eigenvalue weighted by atomic mass is 35.5. The number of halogens is 1. The number of amides is 1. The monoisotopic (exact) mass is 312 g/mol. The van der Waals surface area contributed by atoms with Gasteiger partial charge in [0.25, 0.3) is 11.6 Å². The maximum Gasteiger partial charge on any atom is 0.306 e. The Kier molecular flexibility index (Phi) is 4.42. The Morgan fingerprint density at radius 1 is 1.29 bits per heavy atom. The van der Waals surface area contributed by atoms with Crippen LogP contribution in [0.2, 0.25) is 5.02 Å². The number of aliphatic carboxylic acids is 1. The number of carbonyl (C=O) groups excluding carboxylic acids is 1. The third-order valence-electron chi connectivity index (χ3n) is 3.47. The van der Waals surface area contributed by atoms with Crippen molar-refractivity contribution in [3.05, 3.63) is 38.9 Å². The summed E-state index contributed by atoms with van der Waals surface area (Å²) in [4.78, 5) is 34.8. The molecule has 1 aromatic carbocycles. The largest absolute Gasteiger partial charge is 0.481 e. The lowest BCUT2D eigenvalue weighted by molar-refractivity contribution is -0.384. The maximum atomic E-state index is 12.3. The van der Waals surface area contributed by atoms with Crippen molar-refractivity contribution < 1.29 is 19.6 Å². The summed E-state index contributed by atoms with van der Waals surface area (Å²) in [5.74, 6) is -1.67. The molecule has 112 valence electrons. The van der Waals surface area contributed by atoms with Gasteiger partial charge in [0.2, 0.25) is 0 Å². The molecule has 7 nitrogen and oxygen atoms in total. The smallest absolute Gasteiger partial charge is 0.306 e. The molecule has 0 aromatic heterocycles. The van der Waals surface area contributed by atoms with Crippen LogP contribution >= 0.6 is 11.6 Å². The van der Waals surface area contributed by atoms with Crippen LogP contribution in [0.15, 0.2) is 18.2 Å². The molecular formula is C13H13ClN2O5. The first-order valence-corrected chi connectivity index (χ1v) is 6.73. The molecule has 0 unspecified atom stereocenters. The molecule has 0 saturated carbocycles. The number of nitro groups is 1. The zero-order valence-electron chi connectivity index (χ0n) is 11.0. The van der Waals surface area contributed by atoms with Gasteiger partial charge in [-0.1, -0.05) is 11.6 Å². The summed E-state index contributed by atoms with van der Waals surface area (Å²) in [5, 5.41) is 19.8. The van der Waals surface area contributed by atoms with Gasteiger partial charge in [-0.15, -0.1) is 0 Å². The zero-order valence-corrected chi connectivity index (χ0v) is 11.7. The molecule has 0 bridgehead atoms. The van der Waals surface area contributed by atoms with Crippen molar-refractivity contribution in [3.63, 3.8) is 0 Å². The van der Waals surface area contributed by atoms with Gasteiger partial charge < -0.3 is 10.0 Å². The van der Waals surface area contributed by atoms with Crippen molar-refractivity contribution >= 4 is 29.2 Å². The summed E-state index contributed by atoms with van der Waals surface area (Å²) in [5.41, 5.74) is -0.103. The number of nitrogens with zero attached hydrogens (tertiary/aromatic N) is 2. The Morgan fingerprint density at radius 2 is 1.90 bits per heavy atom. The van der Waals surface area contributed by atoms with Gasteiger partial charge in [0.1, 0.15) is 0 Å². The Bertz CT molecular complexity index is 596. The molecule has 21 heavy (non-hydrogen) atoms. The lowest BCUT2D eigenvalue weighted by Crippen LogP contribution is -2.40. The van der Waals surface area contributed by atoms with Crippen molar-refractivity contribution in [2.45, 2.75) is 12.8 Å². The molecule has 1 N–H and O–H groups in total. The van der Waals surface area contributed by atoms with Gasteiger partial charge in [-0.3, -0.25) is 19.7 Å². The van der Waals surface area contributed by atoms with Crippen LogP contribution in [0, 0.1) is 16.0 Å². The molecule has 8 heteroatoms. The first-order chi connectivity index (χ1) is 9.88. The first kappa shape index (κ1) is 15.2. The van der Waals surface area contributed by atoms with Gasteiger partial charge in [-0.25, -0.2) is 0 Å². The van der Waals surface area contributed by atoms with Gasteiger partial charge in [-0.2, -0.15) is 0 Å². The number of hydrogen-bond donors (Lipinski definition) is 1. The minimum Gasteiger partial charge on any atom is -0.481 e. The third-order valence-corrected chi connectivity index (χ3v) is 3.69. The van der Waals surface area contributed by atoms with E-state index in [1.54, 1.807) is 0 Å². The standard InChI is InChI=1S/C13H13ClN2O5/c14-10-5-9(6-11(7-10)16(20)21)12(17)15-3-1-8(2-4-15)13(18)19/h5-8H,1-4H2,(H,18,19). The van der Waals surface area contributed by atoms with Crippen LogP contribution in [-0.4, -0.2) is 39.9 Å². The Morgan fingerprint density at radius 3 is 2.43 bits per heavy atom. The highest BCUT2D eigenvalue weighted by molar-refractivity contribution is 6.31. The van der Waals surface area contributed by atoms with E-state index in [4.69, 9.17) is 16.7 Å². The highest BCUT2D eigenvalue weighted by Crippen LogP contribution is 2.24. The van der Waals surface area contributed by atoms with Crippen molar-refractivity contribution in [2.24, 2.45) is 5.92 Å². The fourth-order valence-corrected chi connectivity index (χ4v) is 2.54. The van der Waals surface area contributed by atoms with Crippen molar-refractivity contribution in [2.75, 3.05) is 13.1 Å². The quantitative estimate of drug-likeness (QED) is 0.681. The van der Waals surface area contributed by atoms with E-state index in [-0.39, 0.29) is 22.2 Å². The number of piperidine rings is 1. The number of benzene rings is 1. The van der Waals surface area contributed by atoms with E-state index in [0.717, 1.165) is 0 Å². The Balaban J connectivity index is 2.14. The number of likely N-dealkylation sites (tertiary alicyclic amines) is 1. The van der Waals surface area contributed by atoms with Crippen LogP contribution in [-0.2, 0) is 4.79 Å². The SMILES string of the molecule is O=C(O)C1CCN(C(=O)c2cc(Cl)cc([N+](=O)[O-])c2)CC1. The fraction of sp³-hybridized carbons (Fsp3) is 0.385. The van der Waals surface area contributed by atoms with E-state index in [9.17, 15) is 19.7 Å². The lowest BCUT2D eigenvalue weighted by Gasteiger charge is -2.30. The number of carboxylic acid groups (broad SMARTS) is 1. The molecule has 0 aliphatic carbocycles. The average molecular weight is 313 g/mol. The number of rotatable bonds is 3. The molecule has 1 fully saturated rings. The predicted molar refractivity (Wildman–Crippen MR) is 74.4 cm³/mol. The normalized spacial score (nSPS) is 15.8. The maximum absolute atomic E-state index is 12.3. The molecule has 1 heterocycles. The molecule has 2 rings (SSSR count). The Hall–Kier alpha value is -2.15. The molecule has 0 spiro atoms. The fourth-order valence-electron chi connectivity index (χ4n) is 2.32. The summed E-state index contributed by atoms with van der Waals surface area (Å²) >= 11 is 5.79. The van der Waals surface area contributed by atoms with Gasteiger partial charge in [0, 0.05) is 35.8 Å². The summed E-state index contributed by atoms with van der Waals surface area (Å²) in [6, 6.07) is 3.73. The van der Waals surface area contributed by atoms with Gasteiger partial charge in [-0.05, 0) is 18.9 Å². The number of non-ortho nitro benzene ring substituents is 1. The van der Waals surface area contributed by atoms with Crippen molar-refractivity contribution in [3.8, 4) is 0 Å². The van der Waals surface area contributed by atoms with E-state index in [0.29, 0.717) is 25.9 Å². The molecule has 1 aliphatic heterocycles. The summed E-state index contributed by atoms with van der Waals surface area (Å²) in [6.45, 7) is 0.631. The minimum atomic E-state index is -0.861. The van der Waals surface area contributed by atoms with E-state index in [2.05, 4.69) is 0 Å². The molecule has 1 aromatic rings. The number of hydrogen-bond acceptors (Lipinski definition) is 4. The zero-order chi connectivity index (χ0) is 15.6. The van der Waals surface area contributed by atoms with Gasteiger partial charge >= 0.3 is 5.97 Å². The van der Waals surface area contributed by atoms with Crippen LogP contribution in [0.1, 0.15) is 23.2 Å². The van der Waals surface area contributed by atoms with Crippen LogP contribution in [0.4, 0.5) is 5.69 Å². The minimum absolute atomic E-state index is 0.118. The number of carboxylic acids is 1. The summed E-state index contributed by atoms with van der Waals surface area (Å²) < 4.78 is 0. The summed E-state index contributed by atoms with van der Waals surface area (Å²) in [7, 11) is 0. The van der Waals surface area contributed by atoms with E-state index >= 15 is 0 Å². The van der Waals surface area contributed by atoms with Gasteiger partial charge in [0.15, 0.2) is 0 Å². The van der Waals surface area contributed by atoms with Gasteiger partial charge in [0.05, 0.1) is 10.8 Å². The second-order valence-corrected chi connectivity index (χ2v) is 5.30. The Labute approximate surface area is 125 Å². The number of carbonyl (C=O) groups is 2. The average Bonchev–Trinajstić information content (AvgIpc) is 2.45. The molecule has 0 radical (unpaired) electrons. The predicted octanol–water partition coefficient (Wildman–Crippen LogP) is 2.19. The van der Waals surface area contributed by atoms with E-state index in [1.165, 1.54) is 23.1 Å². The third kappa shape index (κ3) is 3.49. The van der Waals surface area contributed by atoms with Crippen LogP contribution in [0.25, 0.3) is 0 Å². The number of nitro benzene ring substituents is 1. The second-order valence-electron chi connectivity index (χ2n) is 4.86. The second kappa shape index (κ2) is 6.09. The molecule has 0 atom stereocenters. The summed E-state index contributed by atoms with van der Waals surface area (Å²) in [6.07, 6.45) is 0.757. The van der Waals surface area contributed by atoms with Crippen LogP contribution in [0.5, 0.6) is 0 Å². The van der Waals surface area contributed by atoms with Crippen LogP contribution < -0.4 is 0 Å². The molecule has 1 amide bonds. The van der Waals surface area contributed by atoms with Crippen LogP contribution in [0.3, 0.4) is 0 Å². The molecule has 1 aliphatic rings. The first-order valence-electron chi connectivity index (χ1n) is 6.35. The lowest BCUT2D eigenvalue weighted by atomic mass is 9.96. The molecular weight excluding hydrogens is 300 g/mol. The van der Waals surface area contributed by atoms with Crippen molar-refractivity contribution in [1.82, 2.24) is 4.90 Å². The van der Waals surface area contributed by atoms with E-state index in [1.807, 2.05) is 0 Å².